The highest BCUT2D eigenvalue weighted by molar-refractivity contribution is 7.99. The molecule has 1 heterocycles. The van der Waals surface area contributed by atoms with Crippen molar-refractivity contribution in [3.05, 3.63) is 11.4 Å². The molecule has 1 rings (SSSR count). The zero-order valence-corrected chi connectivity index (χ0v) is 13.4. The molecule has 0 radical (unpaired) electrons. The Morgan fingerprint density at radius 2 is 1.90 bits per heavy atom. The lowest BCUT2D eigenvalue weighted by Gasteiger charge is -2.03. The number of ketones is 1. The maximum atomic E-state index is 11.8. The predicted octanol–water partition coefficient (Wildman–Crippen LogP) is 2.43. The number of aromatic nitrogens is 2. The molecular formula is C14H22N2O3S. The number of ether oxygens (including phenoxy) is 1. The molecule has 1 aromatic rings. The summed E-state index contributed by atoms with van der Waals surface area (Å²) < 4.78 is 6.55. The van der Waals surface area contributed by atoms with Crippen molar-refractivity contribution in [2.24, 2.45) is 7.05 Å². The van der Waals surface area contributed by atoms with E-state index in [2.05, 4.69) is 9.72 Å². The van der Waals surface area contributed by atoms with E-state index in [0.29, 0.717) is 25.0 Å². The quantitative estimate of drug-likeness (QED) is 0.419. The van der Waals surface area contributed by atoms with E-state index in [1.807, 2.05) is 25.5 Å². The van der Waals surface area contributed by atoms with Crippen LogP contribution in [0.25, 0.3) is 0 Å². The van der Waals surface area contributed by atoms with Gasteiger partial charge in [0.15, 0.2) is 5.16 Å². The molecule has 20 heavy (non-hydrogen) atoms. The maximum absolute atomic E-state index is 11.8. The van der Waals surface area contributed by atoms with Crippen LogP contribution in [0, 0.1) is 13.8 Å². The third-order valence-electron chi connectivity index (χ3n) is 3.25. The van der Waals surface area contributed by atoms with Gasteiger partial charge in [-0.1, -0.05) is 11.8 Å². The highest BCUT2D eigenvalue weighted by Crippen LogP contribution is 2.20. The standard InChI is InChI=1S/C14H22N2O3S/c1-10-11(2)16(3)14(15-10)20-9-12(17)7-5-6-8-13(18)19-4/h5-9H2,1-4H3. The fraction of sp³-hybridized carbons (Fsp3) is 0.643. The van der Waals surface area contributed by atoms with Crippen LogP contribution < -0.4 is 0 Å². The number of rotatable bonds is 8. The number of esters is 1. The van der Waals surface area contributed by atoms with Gasteiger partial charge in [0.05, 0.1) is 18.6 Å². The largest absolute Gasteiger partial charge is 0.469 e. The van der Waals surface area contributed by atoms with Crippen LogP contribution in [0.15, 0.2) is 5.16 Å². The molecule has 0 saturated heterocycles. The Kier molecular flexibility index (Phi) is 6.78. The molecular weight excluding hydrogens is 276 g/mol. The molecule has 0 amide bonds. The van der Waals surface area contributed by atoms with Gasteiger partial charge in [0.2, 0.25) is 0 Å². The lowest BCUT2D eigenvalue weighted by Crippen LogP contribution is -2.04. The molecule has 112 valence electrons. The first-order valence-electron chi connectivity index (χ1n) is 6.67. The third-order valence-corrected chi connectivity index (χ3v) is 4.34. The number of aryl methyl sites for hydroxylation is 1. The molecule has 0 aromatic carbocycles. The van der Waals surface area contributed by atoms with E-state index in [4.69, 9.17) is 0 Å². The molecule has 0 atom stereocenters. The number of carbonyl (C=O) groups is 2. The van der Waals surface area contributed by atoms with Crippen molar-refractivity contribution < 1.29 is 14.3 Å². The van der Waals surface area contributed by atoms with E-state index in [0.717, 1.165) is 23.0 Å². The monoisotopic (exact) mass is 298 g/mol. The van der Waals surface area contributed by atoms with Gasteiger partial charge in [-0.2, -0.15) is 0 Å². The molecule has 0 saturated carbocycles. The van der Waals surface area contributed by atoms with Crippen LogP contribution in [-0.2, 0) is 21.4 Å². The Labute approximate surface area is 124 Å². The van der Waals surface area contributed by atoms with Crippen molar-refractivity contribution in [3.63, 3.8) is 0 Å². The van der Waals surface area contributed by atoms with Crippen LogP contribution in [0.3, 0.4) is 0 Å². The molecule has 0 aliphatic heterocycles. The van der Waals surface area contributed by atoms with Gasteiger partial charge in [-0.05, 0) is 26.7 Å². The topological polar surface area (TPSA) is 61.2 Å². The summed E-state index contributed by atoms with van der Waals surface area (Å²) in [6.45, 7) is 3.98. The molecule has 0 N–H and O–H groups in total. The number of methoxy groups -OCH3 is 1. The third kappa shape index (κ3) is 5.00. The summed E-state index contributed by atoms with van der Waals surface area (Å²) in [7, 11) is 3.33. The van der Waals surface area contributed by atoms with E-state index in [9.17, 15) is 9.59 Å². The second-order valence-corrected chi connectivity index (χ2v) is 5.68. The fourth-order valence-electron chi connectivity index (χ4n) is 1.73. The number of thioether (sulfide) groups is 1. The Morgan fingerprint density at radius 1 is 1.25 bits per heavy atom. The minimum Gasteiger partial charge on any atom is -0.469 e. The maximum Gasteiger partial charge on any atom is 0.305 e. The van der Waals surface area contributed by atoms with Gasteiger partial charge in [0, 0.05) is 25.6 Å². The van der Waals surface area contributed by atoms with E-state index >= 15 is 0 Å². The molecule has 0 spiro atoms. The van der Waals surface area contributed by atoms with E-state index in [-0.39, 0.29) is 11.8 Å². The normalized spacial score (nSPS) is 10.6. The fourth-order valence-corrected chi connectivity index (χ4v) is 2.69. The number of hydrogen-bond acceptors (Lipinski definition) is 5. The summed E-state index contributed by atoms with van der Waals surface area (Å²) in [6, 6.07) is 0. The molecule has 0 fully saturated rings. The van der Waals surface area contributed by atoms with Crippen molar-refractivity contribution in [1.82, 2.24) is 9.55 Å². The smallest absolute Gasteiger partial charge is 0.305 e. The number of unbranched alkanes of at least 4 members (excludes halogenated alkanes) is 1. The van der Waals surface area contributed by atoms with Crippen molar-refractivity contribution in [2.75, 3.05) is 12.9 Å². The Hall–Kier alpha value is -1.30. The number of imidazole rings is 1. The number of Topliss-reactive ketones (excluding diaryl/α,β-unsaturated/α-hetero) is 1. The Morgan fingerprint density at radius 3 is 2.45 bits per heavy atom. The van der Waals surface area contributed by atoms with E-state index < -0.39 is 0 Å². The summed E-state index contributed by atoms with van der Waals surface area (Å²) in [5, 5.41) is 0.878. The molecule has 0 unspecified atom stereocenters. The zero-order chi connectivity index (χ0) is 15.1. The van der Waals surface area contributed by atoms with Gasteiger partial charge in [0.1, 0.15) is 5.78 Å². The van der Waals surface area contributed by atoms with Gasteiger partial charge in [0.25, 0.3) is 0 Å². The van der Waals surface area contributed by atoms with Crippen LogP contribution in [0.4, 0.5) is 0 Å². The minimum absolute atomic E-state index is 0.193. The van der Waals surface area contributed by atoms with Crippen LogP contribution >= 0.6 is 11.8 Å². The predicted molar refractivity (Wildman–Crippen MR) is 78.9 cm³/mol. The van der Waals surface area contributed by atoms with Crippen LogP contribution in [0.5, 0.6) is 0 Å². The van der Waals surface area contributed by atoms with Crippen LogP contribution in [0.1, 0.15) is 37.1 Å². The van der Waals surface area contributed by atoms with Crippen molar-refractivity contribution in [3.8, 4) is 0 Å². The molecule has 0 aliphatic rings. The zero-order valence-electron chi connectivity index (χ0n) is 12.6. The molecule has 0 aliphatic carbocycles. The second-order valence-electron chi connectivity index (χ2n) is 4.73. The summed E-state index contributed by atoms with van der Waals surface area (Å²) >= 11 is 1.47. The average molecular weight is 298 g/mol. The average Bonchev–Trinajstić information content (AvgIpc) is 2.68. The molecule has 6 heteroatoms. The number of nitrogens with zero attached hydrogens (tertiary/aromatic N) is 2. The second kappa shape index (κ2) is 8.09. The van der Waals surface area contributed by atoms with Crippen molar-refractivity contribution in [2.45, 2.75) is 44.7 Å². The molecule has 0 bridgehead atoms. The SMILES string of the molecule is COC(=O)CCCCC(=O)CSc1nc(C)c(C)n1C. The first-order valence-corrected chi connectivity index (χ1v) is 7.65. The summed E-state index contributed by atoms with van der Waals surface area (Å²) in [4.78, 5) is 27.1. The van der Waals surface area contributed by atoms with E-state index in [1.54, 1.807) is 0 Å². The van der Waals surface area contributed by atoms with Gasteiger partial charge in [-0.15, -0.1) is 0 Å². The first-order chi connectivity index (χ1) is 9.45. The van der Waals surface area contributed by atoms with Gasteiger partial charge in [-0.25, -0.2) is 4.98 Å². The van der Waals surface area contributed by atoms with Gasteiger partial charge in [-0.3, -0.25) is 9.59 Å². The van der Waals surface area contributed by atoms with Gasteiger partial charge >= 0.3 is 5.97 Å². The van der Waals surface area contributed by atoms with Crippen LogP contribution in [-0.4, -0.2) is 34.2 Å². The Balaban J connectivity index is 2.26. The summed E-state index contributed by atoms with van der Waals surface area (Å²) in [5.74, 6) is 0.408. The molecule has 5 nitrogen and oxygen atoms in total. The highest BCUT2D eigenvalue weighted by Gasteiger charge is 2.10. The van der Waals surface area contributed by atoms with Crippen molar-refractivity contribution in [1.29, 1.82) is 0 Å². The first kappa shape index (κ1) is 16.8. The van der Waals surface area contributed by atoms with Crippen molar-refractivity contribution >= 4 is 23.5 Å². The lowest BCUT2D eigenvalue weighted by atomic mass is 10.1. The van der Waals surface area contributed by atoms with E-state index in [1.165, 1.54) is 18.9 Å². The molecule has 1 aromatic heterocycles. The van der Waals surface area contributed by atoms with Gasteiger partial charge < -0.3 is 9.30 Å². The minimum atomic E-state index is -0.217. The summed E-state index contributed by atoms with van der Waals surface area (Å²) in [5.41, 5.74) is 2.12. The Bertz CT molecular complexity index is 483. The lowest BCUT2D eigenvalue weighted by molar-refractivity contribution is -0.140. The number of carbonyl (C=O) groups excluding carboxylic acids is 2. The summed E-state index contributed by atoms with van der Waals surface area (Å²) in [6.07, 6.45) is 2.32. The number of hydrogen-bond donors (Lipinski definition) is 0. The highest BCUT2D eigenvalue weighted by atomic mass is 32.2. The van der Waals surface area contributed by atoms with Crippen LogP contribution in [0.2, 0.25) is 0 Å².